The van der Waals surface area contributed by atoms with E-state index in [1.165, 1.54) is 6.42 Å². The zero-order valence-electron chi connectivity index (χ0n) is 15.3. The van der Waals surface area contributed by atoms with Gasteiger partial charge in [-0.3, -0.25) is 4.90 Å². The number of hydrogen-bond donors (Lipinski definition) is 1. The van der Waals surface area contributed by atoms with Gasteiger partial charge in [0.05, 0.1) is 12.7 Å². The topological polar surface area (TPSA) is 54.0 Å². The number of ether oxygens (including phenoxy) is 2. The van der Waals surface area contributed by atoms with Gasteiger partial charge in [-0.25, -0.2) is 4.79 Å². The maximum absolute atomic E-state index is 12.5. The molecule has 25 heavy (non-hydrogen) atoms. The summed E-state index contributed by atoms with van der Waals surface area (Å²) in [4.78, 5) is 16.8. The Bertz CT molecular complexity index is 579. The quantitative estimate of drug-likeness (QED) is 0.890. The summed E-state index contributed by atoms with van der Waals surface area (Å²) in [5.74, 6) is 0.864. The molecule has 3 rings (SSSR count). The Morgan fingerprint density at radius 3 is 2.76 bits per heavy atom. The van der Waals surface area contributed by atoms with Crippen molar-refractivity contribution in [3.8, 4) is 5.75 Å². The van der Waals surface area contributed by atoms with Crippen LogP contribution in [0, 0.1) is 6.92 Å². The fourth-order valence-electron chi connectivity index (χ4n) is 3.46. The van der Waals surface area contributed by atoms with Gasteiger partial charge in [0, 0.05) is 45.0 Å². The molecule has 2 fully saturated rings. The predicted octanol–water partition coefficient (Wildman–Crippen LogP) is 2.72. The molecule has 2 heterocycles. The third kappa shape index (κ3) is 4.86. The number of hydrogen-bond acceptors (Lipinski definition) is 4. The molecule has 1 atom stereocenters. The van der Waals surface area contributed by atoms with Gasteiger partial charge < -0.3 is 19.7 Å². The van der Waals surface area contributed by atoms with E-state index in [2.05, 4.69) is 10.2 Å². The molecule has 2 amide bonds. The molecule has 2 saturated heterocycles. The smallest absolute Gasteiger partial charge is 0.321 e. The first-order valence-corrected chi connectivity index (χ1v) is 9.29. The largest absolute Gasteiger partial charge is 0.494 e. The molecule has 138 valence electrons. The summed E-state index contributed by atoms with van der Waals surface area (Å²) in [6.45, 7) is 9.83. The van der Waals surface area contributed by atoms with Gasteiger partial charge in [0.25, 0.3) is 0 Å². The van der Waals surface area contributed by atoms with Crippen LogP contribution >= 0.6 is 0 Å². The van der Waals surface area contributed by atoms with Crippen LogP contribution in [0.15, 0.2) is 18.2 Å². The van der Waals surface area contributed by atoms with Gasteiger partial charge in [-0.2, -0.15) is 0 Å². The average Bonchev–Trinajstić information content (AvgIpc) is 3.11. The summed E-state index contributed by atoms with van der Waals surface area (Å²) in [5.41, 5.74) is 1.84. The van der Waals surface area contributed by atoms with Gasteiger partial charge in [-0.15, -0.1) is 0 Å². The predicted molar refractivity (Wildman–Crippen MR) is 98.4 cm³/mol. The molecular weight excluding hydrogens is 318 g/mol. The molecule has 0 radical (unpaired) electrons. The highest BCUT2D eigenvalue weighted by atomic mass is 16.5. The second-order valence-corrected chi connectivity index (χ2v) is 6.77. The van der Waals surface area contributed by atoms with Gasteiger partial charge >= 0.3 is 6.03 Å². The van der Waals surface area contributed by atoms with Crippen LogP contribution in [0.3, 0.4) is 0 Å². The van der Waals surface area contributed by atoms with E-state index >= 15 is 0 Å². The van der Waals surface area contributed by atoms with Gasteiger partial charge in [-0.1, -0.05) is 0 Å². The van der Waals surface area contributed by atoms with Crippen molar-refractivity contribution in [3.05, 3.63) is 23.8 Å². The van der Waals surface area contributed by atoms with Crippen LogP contribution in [0.4, 0.5) is 10.5 Å². The molecule has 1 aromatic carbocycles. The second kappa shape index (κ2) is 8.54. The Hall–Kier alpha value is -1.79. The number of carbonyl (C=O) groups excluding carboxylic acids is 1. The van der Waals surface area contributed by atoms with E-state index in [1.54, 1.807) is 0 Å². The molecule has 0 unspecified atom stereocenters. The molecule has 6 nitrogen and oxygen atoms in total. The fourth-order valence-corrected chi connectivity index (χ4v) is 3.46. The summed E-state index contributed by atoms with van der Waals surface area (Å²) >= 11 is 0. The molecule has 0 spiro atoms. The number of urea groups is 1. The Labute approximate surface area is 150 Å². The number of nitrogens with one attached hydrogen (secondary N) is 1. The number of anilines is 1. The summed E-state index contributed by atoms with van der Waals surface area (Å²) in [6.07, 6.45) is 2.72. The minimum Gasteiger partial charge on any atom is -0.494 e. The van der Waals surface area contributed by atoms with E-state index in [1.807, 2.05) is 36.9 Å². The monoisotopic (exact) mass is 347 g/mol. The van der Waals surface area contributed by atoms with Gasteiger partial charge in [0.2, 0.25) is 0 Å². The van der Waals surface area contributed by atoms with Crippen LogP contribution in [-0.4, -0.2) is 67.9 Å². The highest BCUT2D eigenvalue weighted by Crippen LogP contribution is 2.22. The molecular formula is C19H29N3O3. The van der Waals surface area contributed by atoms with Crippen LogP contribution in [0.1, 0.15) is 25.3 Å². The van der Waals surface area contributed by atoms with E-state index in [0.29, 0.717) is 12.7 Å². The van der Waals surface area contributed by atoms with Gasteiger partial charge in [0.15, 0.2) is 0 Å². The number of rotatable bonds is 5. The Morgan fingerprint density at radius 1 is 1.32 bits per heavy atom. The van der Waals surface area contributed by atoms with Crippen molar-refractivity contribution < 1.29 is 14.3 Å². The maximum Gasteiger partial charge on any atom is 0.321 e. The number of carbonyl (C=O) groups is 1. The zero-order chi connectivity index (χ0) is 17.6. The van der Waals surface area contributed by atoms with Crippen molar-refractivity contribution >= 4 is 11.7 Å². The Morgan fingerprint density at radius 2 is 2.12 bits per heavy atom. The first-order chi connectivity index (χ1) is 12.2. The van der Waals surface area contributed by atoms with Crippen LogP contribution < -0.4 is 10.1 Å². The summed E-state index contributed by atoms with van der Waals surface area (Å²) in [6, 6.07) is 5.73. The van der Waals surface area contributed by atoms with Crippen molar-refractivity contribution in [2.24, 2.45) is 0 Å². The molecule has 0 aromatic heterocycles. The second-order valence-electron chi connectivity index (χ2n) is 6.77. The maximum atomic E-state index is 12.5. The summed E-state index contributed by atoms with van der Waals surface area (Å²) in [5, 5.41) is 3.00. The Kier molecular flexibility index (Phi) is 6.15. The fraction of sp³-hybridized carbons (Fsp3) is 0.632. The van der Waals surface area contributed by atoms with E-state index in [9.17, 15) is 4.79 Å². The lowest BCUT2D eigenvalue weighted by molar-refractivity contribution is 0.0572. The van der Waals surface area contributed by atoms with Crippen molar-refractivity contribution in [2.45, 2.75) is 32.8 Å². The van der Waals surface area contributed by atoms with E-state index in [-0.39, 0.29) is 6.03 Å². The lowest BCUT2D eigenvalue weighted by Gasteiger charge is -2.35. The van der Waals surface area contributed by atoms with E-state index in [4.69, 9.17) is 9.47 Å². The molecule has 0 aliphatic carbocycles. The molecule has 6 heteroatoms. The zero-order valence-corrected chi connectivity index (χ0v) is 15.3. The van der Waals surface area contributed by atoms with Crippen LogP contribution in [0.2, 0.25) is 0 Å². The first kappa shape index (κ1) is 18.0. The van der Waals surface area contributed by atoms with Crippen LogP contribution in [0.25, 0.3) is 0 Å². The normalized spacial score (nSPS) is 21.4. The van der Waals surface area contributed by atoms with Crippen molar-refractivity contribution in [1.29, 1.82) is 0 Å². The minimum atomic E-state index is -0.0275. The highest BCUT2D eigenvalue weighted by Gasteiger charge is 2.24. The molecule has 0 bridgehead atoms. The highest BCUT2D eigenvalue weighted by molar-refractivity contribution is 5.89. The van der Waals surface area contributed by atoms with Gasteiger partial charge in [-0.05, 0) is 50.5 Å². The molecule has 2 aliphatic rings. The molecule has 0 saturated carbocycles. The van der Waals surface area contributed by atoms with E-state index in [0.717, 1.165) is 62.8 Å². The minimum absolute atomic E-state index is 0.0275. The van der Waals surface area contributed by atoms with E-state index < -0.39 is 0 Å². The third-order valence-electron chi connectivity index (χ3n) is 4.87. The van der Waals surface area contributed by atoms with Crippen molar-refractivity contribution in [1.82, 2.24) is 9.80 Å². The number of benzene rings is 1. The lowest BCUT2D eigenvalue weighted by Crippen LogP contribution is -2.51. The average molecular weight is 347 g/mol. The first-order valence-electron chi connectivity index (χ1n) is 9.29. The van der Waals surface area contributed by atoms with Crippen LogP contribution in [-0.2, 0) is 4.74 Å². The van der Waals surface area contributed by atoms with Crippen molar-refractivity contribution in [2.75, 3.05) is 51.3 Å². The Balaban J connectivity index is 1.46. The number of piperazine rings is 1. The molecule has 1 N–H and O–H groups in total. The van der Waals surface area contributed by atoms with Crippen LogP contribution in [0.5, 0.6) is 5.75 Å². The molecule has 1 aromatic rings. The number of nitrogens with zero attached hydrogens (tertiary/aromatic N) is 2. The summed E-state index contributed by atoms with van der Waals surface area (Å²) < 4.78 is 11.2. The third-order valence-corrected chi connectivity index (χ3v) is 4.87. The van der Waals surface area contributed by atoms with Gasteiger partial charge in [0.1, 0.15) is 5.75 Å². The number of aryl methyl sites for hydroxylation is 1. The van der Waals surface area contributed by atoms with Crippen molar-refractivity contribution in [3.63, 3.8) is 0 Å². The molecule has 2 aliphatic heterocycles. The number of amides is 2. The lowest BCUT2D eigenvalue weighted by atomic mass is 10.2. The summed E-state index contributed by atoms with van der Waals surface area (Å²) in [7, 11) is 0. The standard InChI is InChI=1S/C19H29N3O3/c1-3-24-18-7-6-16(13-15(18)2)20-19(23)22-10-8-21(9-11-22)14-17-5-4-12-25-17/h6-7,13,17H,3-5,8-12,14H2,1-2H3,(H,20,23)/t17-/m0/s1. The SMILES string of the molecule is CCOc1ccc(NC(=O)N2CCN(C[C@@H]3CCCO3)CC2)cc1C.